The van der Waals surface area contributed by atoms with Crippen molar-refractivity contribution in [2.75, 3.05) is 13.7 Å². The number of imidazole rings is 1. The van der Waals surface area contributed by atoms with Crippen LogP contribution in [0.5, 0.6) is 17.2 Å². The Bertz CT molecular complexity index is 1580. The third-order valence-electron chi connectivity index (χ3n) is 7.22. The van der Waals surface area contributed by atoms with Crippen LogP contribution in [0.2, 0.25) is 0 Å². The number of nitrogens with zero attached hydrogens (tertiary/aromatic N) is 3. The number of benzene rings is 3. The molecule has 1 saturated heterocycles. The van der Waals surface area contributed by atoms with Crippen LogP contribution in [-0.4, -0.2) is 50.0 Å². The van der Waals surface area contributed by atoms with Gasteiger partial charge in [0.2, 0.25) is 0 Å². The molecule has 210 valence electrons. The van der Waals surface area contributed by atoms with Crippen molar-refractivity contribution < 1.29 is 29.3 Å². The summed E-state index contributed by atoms with van der Waals surface area (Å²) in [4.78, 5) is 32.1. The average molecular weight is 554 g/mol. The van der Waals surface area contributed by atoms with E-state index in [0.717, 1.165) is 11.1 Å². The number of phenolic OH excluding ortho intramolecular Hbond substituents is 1. The summed E-state index contributed by atoms with van der Waals surface area (Å²) in [5.74, 6) is -1.04. The van der Waals surface area contributed by atoms with Gasteiger partial charge in [-0.1, -0.05) is 30.3 Å². The lowest BCUT2D eigenvalue weighted by Crippen LogP contribution is -2.31. The number of hydrogen-bond acceptors (Lipinski definition) is 7. The third-order valence-corrected chi connectivity index (χ3v) is 7.22. The predicted octanol–water partition coefficient (Wildman–Crippen LogP) is 5.00. The maximum Gasteiger partial charge on any atom is 0.295 e. The fourth-order valence-corrected chi connectivity index (χ4v) is 4.96. The number of Topliss-reactive ketones (excluding diaryl/α,β-unsaturated/α-hetero) is 1. The molecule has 4 aromatic rings. The number of aryl methyl sites for hydroxylation is 2. The highest BCUT2D eigenvalue weighted by molar-refractivity contribution is 6.46. The number of carbonyl (C=O) groups excluding carboxylic acids is 2. The van der Waals surface area contributed by atoms with Crippen molar-refractivity contribution in [2.24, 2.45) is 0 Å². The highest BCUT2D eigenvalue weighted by Crippen LogP contribution is 2.42. The monoisotopic (exact) mass is 553 g/mol. The van der Waals surface area contributed by atoms with Crippen LogP contribution >= 0.6 is 0 Å². The lowest BCUT2D eigenvalue weighted by molar-refractivity contribution is -0.139. The molecule has 0 spiro atoms. The van der Waals surface area contributed by atoms with Crippen molar-refractivity contribution in [3.05, 3.63) is 113 Å². The Morgan fingerprint density at radius 1 is 1.02 bits per heavy atom. The molecule has 9 heteroatoms. The number of hydrogen-bond donors (Lipinski definition) is 2. The summed E-state index contributed by atoms with van der Waals surface area (Å²) in [5, 5.41) is 21.5. The summed E-state index contributed by atoms with van der Waals surface area (Å²) in [7, 11) is 1.42. The molecule has 41 heavy (non-hydrogen) atoms. The molecule has 0 bridgehead atoms. The van der Waals surface area contributed by atoms with E-state index in [9.17, 15) is 19.8 Å². The average Bonchev–Trinajstić information content (AvgIpc) is 3.59. The molecule has 1 aromatic heterocycles. The second-order valence-electron chi connectivity index (χ2n) is 9.82. The van der Waals surface area contributed by atoms with E-state index in [1.807, 2.05) is 42.0 Å². The topological polar surface area (TPSA) is 114 Å². The minimum absolute atomic E-state index is 0.0287. The van der Waals surface area contributed by atoms with E-state index in [0.29, 0.717) is 36.4 Å². The number of likely N-dealkylation sites (tertiary alicyclic amines) is 1. The van der Waals surface area contributed by atoms with Crippen molar-refractivity contribution in [2.45, 2.75) is 32.5 Å². The van der Waals surface area contributed by atoms with E-state index >= 15 is 0 Å². The quantitative estimate of drug-likeness (QED) is 0.161. The van der Waals surface area contributed by atoms with Crippen molar-refractivity contribution in [1.82, 2.24) is 14.5 Å². The van der Waals surface area contributed by atoms with Crippen LogP contribution in [0.25, 0.3) is 5.76 Å². The van der Waals surface area contributed by atoms with Gasteiger partial charge in [-0.3, -0.25) is 9.59 Å². The number of aromatic hydroxyl groups is 1. The standard InChI is InChI=1S/C32H31N3O6/c1-21-6-3-4-7-24(21)19-41-25-11-8-22(9-12-25)30(37)28-29(23-10-13-26(36)27(18-23)40-2)35(32(39)31(28)38)16-5-15-34-17-14-33-20-34/h3-4,6-14,17-18,20,29,36-37H,5,15-16,19H2,1-2H3. The molecule has 1 aliphatic heterocycles. The Morgan fingerprint density at radius 3 is 2.51 bits per heavy atom. The van der Waals surface area contributed by atoms with E-state index in [1.54, 1.807) is 48.9 Å². The summed E-state index contributed by atoms with van der Waals surface area (Å²) < 4.78 is 13.1. The van der Waals surface area contributed by atoms with Gasteiger partial charge in [-0.2, -0.15) is 0 Å². The summed E-state index contributed by atoms with van der Waals surface area (Å²) in [6, 6.07) is 18.5. The number of aliphatic hydroxyl groups is 1. The molecule has 1 unspecified atom stereocenters. The highest BCUT2D eigenvalue weighted by atomic mass is 16.5. The first-order valence-electron chi connectivity index (χ1n) is 13.3. The molecule has 3 aromatic carbocycles. The van der Waals surface area contributed by atoms with Gasteiger partial charge in [0.05, 0.1) is 25.1 Å². The number of ketones is 1. The van der Waals surface area contributed by atoms with Gasteiger partial charge in [0, 0.05) is 31.0 Å². The molecule has 2 heterocycles. The first kappa shape index (κ1) is 27.5. The van der Waals surface area contributed by atoms with Gasteiger partial charge in [0.15, 0.2) is 11.5 Å². The summed E-state index contributed by atoms with van der Waals surface area (Å²) >= 11 is 0. The van der Waals surface area contributed by atoms with Crippen LogP contribution in [0.4, 0.5) is 0 Å². The number of carbonyl (C=O) groups is 2. The van der Waals surface area contributed by atoms with Crippen LogP contribution in [0, 0.1) is 6.92 Å². The lowest BCUT2D eigenvalue weighted by atomic mass is 9.95. The van der Waals surface area contributed by atoms with E-state index in [-0.39, 0.29) is 29.4 Å². The first-order valence-corrected chi connectivity index (χ1v) is 13.3. The number of methoxy groups -OCH3 is 1. The van der Waals surface area contributed by atoms with Gasteiger partial charge < -0.3 is 29.2 Å². The molecule has 5 rings (SSSR count). The molecule has 9 nitrogen and oxygen atoms in total. The van der Waals surface area contributed by atoms with Crippen molar-refractivity contribution in [3.8, 4) is 17.2 Å². The zero-order valence-electron chi connectivity index (χ0n) is 22.9. The number of ether oxygens (including phenoxy) is 2. The van der Waals surface area contributed by atoms with Crippen LogP contribution < -0.4 is 9.47 Å². The van der Waals surface area contributed by atoms with Crippen molar-refractivity contribution >= 4 is 17.4 Å². The Kier molecular flexibility index (Phi) is 8.05. The molecule has 0 aliphatic carbocycles. The number of aliphatic hydroxyl groups excluding tert-OH is 1. The van der Waals surface area contributed by atoms with Crippen LogP contribution in [0.15, 0.2) is 91.0 Å². The Hall–Kier alpha value is -5.05. The second-order valence-corrected chi connectivity index (χ2v) is 9.82. The third kappa shape index (κ3) is 5.79. The minimum atomic E-state index is -0.871. The summed E-state index contributed by atoms with van der Waals surface area (Å²) in [5.41, 5.74) is 3.07. The Morgan fingerprint density at radius 2 is 1.80 bits per heavy atom. The number of phenols is 1. The second kappa shape index (κ2) is 12.0. The molecule has 2 N–H and O–H groups in total. The fraction of sp³-hybridized carbons (Fsp3) is 0.219. The lowest BCUT2D eigenvalue weighted by Gasteiger charge is -2.26. The molecular weight excluding hydrogens is 522 g/mol. The highest BCUT2D eigenvalue weighted by Gasteiger charge is 2.46. The first-order chi connectivity index (χ1) is 19.9. The summed E-state index contributed by atoms with van der Waals surface area (Å²) in [6.45, 7) is 3.27. The van der Waals surface area contributed by atoms with Gasteiger partial charge in [0.25, 0.3) is 11.7 Å². The zero-order valence-corrected chi connectivity index (χ0v) is 22.9. The largest absolute Gasteiger partial charge is 0.507 e. The van der Waals surface area contributed by atoms with Crippen LogP contribution in [0.1, 0.15) is 34.7 Å². The fourth-order valence-electron chi connectivity index (χ4n) is 4.96. The van der Waals surface area contributed by atoms with Gasteiger partial charge in [-0.25, -0.2) is 4.98 Å². The van der Waals surface area contributed by atoms with Crippen LogP contribution in [0.3, 0.4) is 0 Å². The zero-order chi connectivity index (χ0) is 28.9. The Balaban J connectivity index is 1.45. The van der Waals surface area contributed by atoms with Gasteiger partial charge in [-0.15, -0.1) is 0 Å². The van der Waals surface area contributed by atoms with Crippen molar-refractivity contribution in [3.63, 3.8) is 0 Å². The van der Waals surface area contributed by atoms with Gasteiger partial charge >= 0.3 is 0 Å². The number of aromatic nitrogens is 2. The SMILES string of the molecule is COc1cc(C2C(=C(O)c3ccc(OCc4ccccc4C)cc3)C(=O)C(=O)N2CCCn2ccnc2)ccc1O. The Labute approximate surface area is 237 Å². The van der Waals surface area contributed by atoms with Gasteiger partial charge in [-0.05, 0) is 66.4 Å². The van der Waals surface area contributed by atoms with Crippen LogP contribution in [-0.2, 0) is 22.7 Å². The maximum atomic E-state index is 13.4. The maximum absolute atomic E-state index is 13.4. The van der Waals surface area contributed by atoms with E-state index in [2.05, 4.69) is 4.98 Å². The molecule has 1 atom stereocenters. The van der Waals surface area contributed by atoms with E-state index < -0.39 is 17.7 Å². The number of rotatable bonds is 10. The smallest absolute Gasteiger partial charge is 0.295 e. The van der Waals surface area contributed by atoms with E-state index in [1.165, 1.54) is 18.1 Å². The summed E-state index contributed by atoms with van der Waals surface area (Å²) in [6.07, 6.45) is 5.74. The molecule has 1 amide bonds. The number of amides is 1. The molecule has 1 aliphatic rings. The molecule has 0 saturated carbocycles. The molecule has 0 radical (unpaired) electrons. The van der Waals surface area contributed by atoms with Crippen molar-refractivity contribution in [1.29, 1.82) is 0 Å². The van der Waals surface area contributed by atoms with Gasteiger partial charge in [0.1, 0.15) is 18.1 Å². The normalized spacial score (nSPS) is 16.2. The molecular formula is C32H31N3O6. The molecule has 1 fully saturated rings. The minimum Gasteiger partial charge on any atom is -0.507 e. The predicted molar refractivity (Wildman–Crippen MR) is 152 cm³/mol. The van der Waals surface area contributed by atoms with E-state index in [4.69, 9.17) is 9.47 Å².